The molecule has 2 N–H and O–H groups in total. The van der Waals surface area contributed by atoms with Crippen molar-refractivity contribution in [3.8, 4) is 0 Å². The van der Waals surface area contributed by atoms with Crippen molar-refractivity contribution in [2.45, 2.75) is 70.9 Å². The third kappa shape index (κ3) is 5.14. The highest BCUT2D eigenvalue weighted by Crippen LogP contribution is 2.36. The topological polar surface area (TPSA) is 65.4 Å². The van der Waals surface area contributed by atoms with Crippen LogP contribution in [0.25, 0.3) is 11.4 Å². The minimum Gasteiger partial charge on any atom is -0.371 e. The van der Waals surface area contributed by atoms with Gasteiger partial charge in [0, 0.05) is 36.6 Å². The Kier molecular flexibility index (Phi) is 7.61. The summed E-state index contributed by atoms with van der Waals surface area (Å²) in [4.78, 5) is 16.7. The van der Waals surface area contributed by atoms with E-state index in [1.54, 1.807) is 18.3 Å². The zero-order valence-corrected chi connectivity index (χ0v) is 20.9. The first-order valence-corrected chi connectivity index (χ1v) is 12.7. The van der Waals surface area contributed by atoms with Gasteiger partial charge in [-0.05, 0) is 57.9 Å². The first kappa shape index (κ1) is 24.3. The summed E-state index contributed by atoms with van der Waals surface area (Å²) in [7, 11) is 2.16. The Bertz CT molecular complexity index is 1050. The zero-order chi connectivity index (χ0) is 24.1. The van der Waals surface area contributed by atoms with Crippen molar-refractivity contribution in [3.05, 3.63) is 53.6 Å². The highest BCUT2D eigenvalue weighted by Gasteiger charge is 2.40. The van der Waals surface area contributed by atoms with Gasteiger partial charge in [0.2, 0.25) is 5.95 Å². The van der Waals surface area contributed by atoms with Crippen LogP contribution < -0.4 is 10.6 Å². The summed E-state index contributed by atoms with van der Waals surface area (Å²) in [5.74, 6) is 0.374. The summed E-state index contributed by atoms with van der Waals surface area (Å²) in [6, 6.07) is 8.99. The average molecular weight is 465 g/mol. The molecule has 0 unspecified atom stereocenters. The molecule has 6 nitrogen and oxygen atoms in total. The van der Waals surface area contributed by atoms with Gasteiger partial charge in [-0.15, -0.1) is 0 Å². The van der Waals surface area contributed by atoms with Crippen LogP contribution in [0.3, 0.4) is 0 Å². The quantitative estimate of drug-likeness (QED) is 0.638. The lowest BCUT2D eigenvalue weighted by Gasteiger charge is -2.44. The summed E-state index contributed by atoms with van der Waals surface area (Å²) in [5.41, 5.74) is 3.96. The molecule has 7 heteroatoms. The molecule has 0 amide bonds. The van der Waals surface area contributed by atoms with Crippen molar-refractivity contribution in [3.63, 3.8) is 0 Å². The summed E-state index contributed by atoms with van der Waals surface area (Å²) in [6.07, 6.45) is 8.54. The van der Waals surface area contributed by atoms with Gasteiger partial charge in [-0.3, -0.25) is 4.99 Å². The molecule has 2 aliphatic heterocycles. The van der Waals surface area contributed by atoms with Crippen LogP contribution >= 0.6 is 0 Å². The fraction of sp³-hybridized carbons (Fsp3) is 0.519. The minimum absolute atomic E-state index is 0.206. The Morgan fingerprint density at radius 2 is 1.85 bits per heavy atom. The maximum Gasteiger partial charge on any atom is 0.223 e. The van der Waals surface area contributed by atoms with E-state index in [9.17, 15) is 4.39 Å². The van der Waals surface area contributed by atoms with E-state index in [2.05, 4.69) is 34.5 Å². The van der Waals surface area contributed by atoms with Gasteiger partial charge in [0.15, 0.2) is 0 Å². The molecule has 3 aliphatic rings. The van der Waals surface area contributed by atoms with Crippen molar-refractivity contribution in [1.29, 1.82) is 0 Å². The molecule has 1 aromatic carbocycles. The molecular weight excluding hydrogens is 427 g/mol. The van der Waals surface area contributed by atoms with E-state index in [-0.39, 0.29) is 11.4 Å². The Balaban J connectivity index is 0.00000133. The molecule has 0 bridgehead atoms. The summed E-state index contributed by atoms with van der Waals surface area (Å²) >= 11 is 0. The molecule has 1 aliphatic carbocycles. The number of anilines is 1. The van der Waals surface area contributed by atoms with Crippen LogP contribution in [0.1, 0.15) is 70.6 Å². The Hall–Kier alpha value is -2.80. The lowest BCUT2D eigenvalue weighted by molar-refractivity contribution is 0.215. The number of aliphatic imine (C=N–C) groups is 1. The second-order valence-corrected chi connectivity index (χ2v) is 9.33. The Morgan fingerprint density at radius 3 is 2.56 bits per heavy atom. The van der Waals surface area contributed by atoms with E-state index >= 15 is 0 Å². The van der Waals surface area contributed by atoms with Crippen molar-refractivity contribution < 1.29 is 4.39 Å². The maximum absolute atomic E-state index is 14.1. The van der Waals surface area contributed by atoms with E-state index in [0.29, 0.717) is 12.0 Å². The zero-order valence-electron chi connectivity index (χ0n) is 20.9. The molecule has 2 aromatic rings. The molecule has 1 spiro atoms. The summed E-state index contributed by atoms with van der Waals surface area (Å²) < 4.78 is 14.1. The maximum atomic E-state index is 14.1. The molecule has 0 atom stereocenters. The van der Waals surface area contributed by atoms with Crippen molar-refractivity contribution >= 4 is 23.1 Å². The molecule has 1 saturated carbocycles. The number of piperidine rings is 1. The Morgan fingerprint density at radius 1 is 1.12 bits per heavy atom. The first-order chi connectivity index (χ1) is 16.5. The second kappa shape index (κ2) is 10.6. The molecule has 1 saturated heterocycles. The van der Waals surface area contributed by atoms with E-state index in [4.69, 9.17) is 9.98 Å². The smallest absolute Gasteiger partial charge is 0.223 e. The number of aromatic nitrogens is 2. The van der Waals surface area contributed by atoms with E-state index < -0.39 is 0 Å². The van der Waals surface area contributed by atoms with Crippen LogP contribution in [0.4, 0.5) is 10.3 Å². The van der Waals surface area contributed by atoms with Crippen molar-refractivity contribution in [2.75, 3.05) is 25.5 Å². The summed E-state index contributed by atoms with van der Waals surface area (Å²) in [5, 5.41) is 7.32. The second-order valence-electron chi connectivity index (χ2n) is 9.33. The molecule has 5 rings (SSSR count). The van der Waals surface area contributed by atoms with Gasteiger partial charge >= 0.3 is 0 Å². The van der Waals surface area contributed by atoms with Crippen LogP contribution in [0, 0.1) is 5.82 Å². The lowest BCUT2D eigenvalue weighted by Crippen LogP contribution is -2.57. The van der Waals surface area contributed by atoms with Crippen molar-refractivity contribution in [1.82, 2.24) is 20.2 Å². The molecule has 1 aromatic heterocycles. The van der Waals surface area contributed by atoms with Gasteiger partial charge in [0.05, 0.1) is 22.6 Å². The van der Waals surface area contributed by atoms with Gasteiger partial charge < -0.3 is 15.5 Å². The third-order valence-corrected chi connectivity index (χ3v) is 7.11. The normalized spacial score (nSPS) is 20.4. The number of benzene rings is 1. The standard InChI is InChI=1S/C25H31FN6.C2H6/c1-17-25(11-14-32(2)15-12-25)31-23(22(28-17)18-6-5-7-19(26)16-18)21-10-13-27-24(30-21)29-20-8-3-4-9-20;1-2/h5-7,10,13,16,20,31H,3-4,8-9,11-12,14-15H2,1-2H3,(H,27,29,30);1-2H3. The largest absolute Gasteiger partial charge is 0.371 e. The van der Waals surface area contributed by atoms with Gasteiger partial charge in [0.25, 0.3) is 0 Å². The van der Waals surface area contributed by atoms with Crippen LogP contribution in [0.15, 0.2) is 41.5 Å². The minimum atomic E-state index is -0.270. The lowest BCUT2D eigenvalue weighted by atomic mass is 9.81. The fourth-order valence-electron chi connectivity index (χ4n) is 5.06. The Labute approximate surface area is 202 Å². The van der Waals surface area contributed by atoms with E-state index in [1.807, 2.05) is 26.0 Å². The van der Waals surface area contributed by atoms with Crippen LogP contribution in [0.2, 0.25) is 0 Å². The predicted molar refractivity (Wildman–Crippen MR) is 138 cm³/mol. The number of nitrogens with one attached hydrogen (secondary N) is 2. The number of hydrogen-bond donors (Lipinski definition) is 2. The first-order valence-electron chi connectivity index (χ1n) is 12.7. The molecule has 3 heterocycles. The van der Waals surface area contributed by atoms with Gasteiger partial charge in [-0.25, -0.2) is 14.4 Å². The number of nitrogens with zero attached hydrogens (tertiary/aromatic N) is 4. The summed E-state index contributed by atoms with van der Waals surface area (Å²) in [6.45, 7) is 8.09. The number of rotatable bonds is 4. The molecule has 34 heavy (non-hydrogen) atoms. The van der Waals surface area contributed by atoms with Crippen LogP contribution in [-0.4, -0.2) is 52.3 Å². The van der Waals surface area contributed by atoms with Gasteiger partial charge in [0.1, 0.15) is 5.82 Å². The number of hydrogen-bond acceptors (Lipinski definition) is 6. The highest BCUT2D eigenvalue weighted by molar-refractivity contribution is 6.04. The van der Waals surface area contributed by atoms with Crippen molar-refractivity contribution in [2.24, 2.45) is 4.99 Å². The highest BCUT2D eigenvalue weighted by atomic mass is 19.1. The van der Waals surface area contributed by atoms with Gasteiger partial charge in [-0.2, -0.15) is 0 Å². The average Bonchev–Trinajstić information content (AvgIpc) is 3.37. The number of likely N-dealkylation sites (tertiary alicyclic amines) is 1. The molecule has 0 radical (unpaired) electrons. The molecular formula is C27H37FN6. The monoisotopic (exact) mass is 464 g/mol. The molecule has 182 valence electrons. The predicted octanol–water partition coefficient (Wildman–Crippen LogP) is 5.35. The molecule has 2 fully saturated rings. The third-order valence-electron chi connectivity index (χ3n) is 7.11. The van der Waals surface area contributed by atoms with E-state index in [1.165, 1.54) is 18.9 Å². The van der Waals surface area contributed by atoms with Crippen LogP contribution in [-0.2, 0) is 0 Å². The van der Waals surface area contributed by atoms with E-state index in [0.717, 1.165) is 67.1 Å². The SMILES string of the molecule is CC.CC1=NC(c2cccc(F)c2)=C(c2ccnc(NC3CCCC3)n2)NC12CCN(C)CC2. The fourth-order valence-corrected chi connectivity index (χ4v) is 5.06. The number of halogens is 1. The van der Waals surface area contributed by atoms with Gasteiger partial charge in [-0.1, -0.05) is 38.8 Å². The van der Waals surface area contributed by atoms with Crippen LogP contribution in [0.5, 0.6) is 0 Å².